The van der Waals surface area contributed by atoms with Gasteiger partial charge in [-0.1, -0.05) is 17.7 Å². The number of hydrogen-bond acceptors (Lipinski definition) is 2. The molecule has 2 nitrogen and oxygen atoms in total. The molecule has 0 unspecified atom stereocenters. The molecule has 18 heavy (non-hydrogen) atoms. The lowest BCUT2D eigenvalue weighted by Crippen LogP contribution is -2.08. The van der Waals surface area contributed by atoms with Gasteiger partial charge in [-0.25, -0.2) is 0 Å². The Hall–Kier alpha value is -1.25. The lowest BCUT2D eigenvalue weighted by atomic mass is 10.1. The summed E-state index contributed by atoms with van der Waals surface area (Å²) in [5, 5.41) is 9.01. The van der Waals surface area contributed by atoms with Crippen LogP contribution in [0.4, 0.5) is 13.2 Å². The fraction of sp³-hybridized carbons (Fsp3) is 0.417. The van der Waals surface area contributed by atoms with Gasteiger partial charge in [-0.3, -0.25) is 0 Å². The van der Waals surface area contributed by atoms with E-state index in [1.165, 1.54) is 6.07 Å². The van der Waals surface area contributed by atoms with Crippen LogP contribution in [0.5, 0.6) is 0 Å². The second-order valence-corrected chi connectivity index (χ2v) is 4.10. The van der Waals surface area contributed by atoms with Gasteiger partial charge in [-0.05, 0) is 24.1 Å². The van der Waals surface area contributed by atoms with Gasteiger partial charge in [0, 0.05) is 18.1 Å². The molecule has 0 saturated carbocycles. The van der Waals surface area contributed by atoms with Gasteiger partial charge in [0.15, 0.2) is 0 Å². The monoisotopic (exact) mass is 277 g/mol. The van der Waals surface area contributed by atoms with E-state index in [9.17, 15) is 13.2 Å². The summed E-state index contributed by atoms with van der Waals surface area (Å²) in [6.07, 6.45) is -5.07. The van der Waals surface area contributed by atoms with Crippen molar-refractivity contribution in [1.82, 2.24) is 0 Å². The highest BCUT2D eigenvalue weighted by atomic mass is 35.5. The first-order valence-corrected chi connectivity index (χ1v) is 5.63. The van der Waals surface area contributed by atoms with Crippen molar-refractivity contribution in [2.75, 3.05) is 6.61 Å². The van der Waals surface area contributed by atoms with E-state index < -0.39 is 12.6 Å². The zero-order chi connectivity index (χ0) is 13.6. The maximum atomic E-state index is 11.8. The summed E-state index contributed by atoms with van der Waals surface area (Å²) in [7, 11) is 0. The molecule has 0 N–H and O–H groups in total. The van der Waals surface area contributed by atoms with E-state index in [1.54, 1.807) is 12.1 Å². The van der Waals surface area contributed by atoms with E-state index in [1.807, 2.05) is 6.07 Å². The van der Waals surface area contributed by atoms with Crippen molar-refractivity contribution < 1.29 is 17.9 Å². The molecule has 0 aliphatic carbocycles. The van der Waals surface area contributed by atoms with Crippen LogP contribution in [0.2, 0.25) is 5.02 Å². The molecule has 6 heteroatoms. The van der Waals surface area contributed by atoms with Gasteiger partial charge in [-0.15, -0.1) is 0 Å². The zero-order valence-corrected chi connectivity index (χ0v) is 10.2. The second kappa shape index (κ2) is 6.62. The Kier molecular flexibility index (Phi) is 5.45. The van der Waals surface area contributed by atoms with Crippen molar-refractivity contribution in [3.05, 3.63) is 34.3 Å². The van der Waals surface area contributed by atoms with Gasteiger partial charge in [0.05, 0.1) is 18.2 Å². The Morgan fingerprint density at radius 1 is 1.33 bits per heavy atom. The molecule has 0 saturated heterocycles. The quantitative estimate of drug-likeness (QED) is 0.760. The summed E-state index contributed by atoms with van der Waals surface area (Å²) in [5.74, 6) is 0. The summed E-state index contributed by atoms with van der Waals surface area (Å²) < 4.78 is 40.6. The van der Waals surface area contributed by atoms with E-state index in [0.717, 1.165) is 0 Å². The first-order chi connectivity index (χ1) is 8.42. The van der Waals surface area contributed by atoms with Crippen molar-refractivity contribution >= 4 is 11.6 Å². The van der Waals surface area contributed by atoms with Crippen molar-refractivity contribution in [3.63, 3.8) is 0 Å². The van der Waals surface area contributed by atoms with Gasteiger partial charge >= 0.3 is 6.18 Å². The summed E-state index contributed by atoms with van der Waals surface area (Å²) >= 11 is 5.88. The van der Waals surface area contributed by atoms with Crippen LogP contribution in [0.15, 0.2) is 18.2 Å². The van der Waals surface area contributed by atoms with Gasteiger partial charge in [0.25, 0.3) is 0 Å². The van der Waals surface area contributed by atoms with Crippen LogP contribution in [-0.4, -0.2) is 12.8 Å². The number of alkyl halides is 3. The average molecular weight is 278 g/mol. The zero-order valence-electron chi connectivity index (χ0n) is 9.43. The molecule has 0 aliphatic rings. The predicted molar refractivity (Wildman–Crippen MR) is 61.1 cm³/mol. The minimum Gasteiger partial charge on any atom is -0.377 e. The Labute approximate surface area is 108 Å². The van der Waals surface area contributed by atoms with Crippen LogP contribution in [0, 0.1) is 11.3 Å². The van der Waals surface area contributed by atoms with Gasteiger partial charge in [0.1, 0.15) is 0 Å². The highest BCUT2D eigenvalue weighted by molar-refractivity contribution is 6.31. The summed E-state index contributed by atoms with van der Waals surface area (Å²) in [5.41, 5.74) is 1.09. The number of halogens is 4. The van der Waals surface area contributed by atoms with Crippen molar-refractivity contribution in [1.29, 1.82) is 5.26 Å². The standard InChI is InChI=1S/C12H11ClF3NO/c13-11-6-9(7-17)2-3-10(11)8-18-5-1-4-12(14,15)16/h2-3,6H,1,4-5,8H2. The molecule has 0 atom stereocenters. The largest absolute Gasteiger partial charge is 0.389 e. The van der Waals surface area contributed by atoms with Crippen LogP contribution in [0.1, 0.15) is 24.0 Å². The summed E-state index contributed by atoms with van der Waals surface area (Å²) in [6.45, 7) is 0.165. The molecule has 0 aromatic heterocycles. The van der Waals surface area contributed by atoms with E-state index in [-0.39, 0.29) is 19.6 Å². The number of benzene rings is 1. The number of ether oxygens (including phenoxy) is 1. The highest BCUT2D eigenvalue weighted by Gasteiger charge is 2.25. The molecule has 0 fully saturated rings. The topological polar surface area (TPSA) is 33.0 Å². The smallest absolute Gasteiger partial charge is 0.377 e. The molecule has 0 amide bonds. The van der Waals surface area contributed by atoms with Crippen LogP contribution >= 0.6 is 11.6 Å². The van der Waals surface area contributed by atoms with Gasteiger partial charge in [0.2, 0.25) is 0 Å². The number of hydrogen-bond donors (Lipinski definition) is 0. The van der Waals surface area contributed by atoms with E-state index in [2.05, 4.69) is 0 Å². The minimum atomic E-state index is -4.14. The molecule has 0 spiro atoms. The maximum Gasteiger partial charge on any atom is 0.389 e. The second-order valence-electron chi connectivity index (χ2n) is 3.69. The third-order valence-electron chi connectivity index (χ3n) is 2.19. The third-order valence-corrected chi connectivity index (χ3v) is 2.54. The number of nitriles is 1. The third kappa shape index (κ3) is 5.39. The Morgan fingerprint density at radius 2 is 2.06 bits per heavy atom. The van der Waals surface area contributed by atoms with E-state index in [0.29, 0.717) is 16.1 Å². The molecule has 0 heterocycles. The van der Waals surface area contributed by atoms with Crippen LogP contribution < -0.4 is 0 Å². The lowest BCUT2D eigenvalue weighted by molar-refractivity contribution is -0.138. The van der Waals surface area contributed by atoms with Crippen LogP contribution in [0.3, 0.4) is 0 Å². The molecule has 0 radical (unpaired) electrons. The lowest BCUT2D eigenvalue weighted by Gasteiger charge is -2.08. The fourth-order valence-electron chi connectivity index (χ4n) is 1.29. The SMILES string of the molecule is N#Cc1ccc(COCCCC(F)(F)F)c(Cl)c1. The molecule has 1 rings (SSSR count). The first kappa shape index (κ1) is 14.8. The predicted octanol–water partition coefficient (Wildman–Crippen LogP) is 4.07. The van der Waals surface area contributed by atoms with Gasteiger partial charge < -0.3 is 4.74 Å². The summed E-state index contributed by atoms with van der Waals surface area (Å²) in [4.78, 5) is 0. The molecule has 1 aromatic carbocycles. The Morgan fingerprint density at radius 3 is 2.61 bits per heavy atom. The minimum absolute atomic E-state index is 0.0237. The van der Waals surface area contributed by atoms with Crippen molar-refractivity contribution in [2.24, 2.45) is 0 Å². The fourth-order valence-corrected chi connectivity index (χ4v) is 1.53. The first-order valence-electron chi connectivity index (χ1n) is 5.25. The van der Waals surface area contributed by atoms with Crippen molar-refractivity contribution in [2.45, 2.75) is 25.6 Å². The molecular formula is C12H11ClF3NO. The van der Waals surface area contributed by atoms with Crippen LogP contribution in [-0.2, 0) is 11.3 Å². The number of rotatable bonds is 5. The highest BCUT2D eigenvalue weighted by Crippen LogP contribution is 2.22. The Balaban J connectivity index is 2.34. The van der Waals surface area contributed by atoms with Crippen molar-refractivity contribution in [3.8, 4) is 6.07 Å². The maximum absolute atomic E-state index is 11.8. The van der Waals surface area contributed by atoms with Gasteiger partial charge in [-0.2, -0.15) is 18.4 Å². The summed E-state index contributed by atoms with van der Waals surface area (Å²) in [6, 6.07) is 6.65. The molecular weight excluding hydrogens is 267 g/mol. The van der Waals surface area contributed by atoms with E-state index >= 15 is 0 Å². The molecule has 98 valence electrons. The molecule has 0 bridgehead atoms. The normalized spacial score (nSPS) is 11.3. The average Bonchev–Trinajstić information content (AvgIpc) is 2.29. The molecule has 0 aliphatic heterocycles. The van der Waals surface area contributed by atoms with E-state index in [4.69, 9.17) is 21.6 Å². The number of nitrogens with zero attached hydrogens (tertiary/aromatic N) is 1. The van der Waals surface area contributed by atoms with Crippen LogP contribution in [0.25, 0.3) is 0 Å². The Bertz CT molecular complexity index is 440. The molecule has 1 aromatic rings.